The van der Waals surface area contributed by atoms with Crippen LogP contribution in [0.5, 0.6) is 0 Å². The van der Waals surface area contributed by atoms with E-state index in [2.05, 4.69) is 12.2 Å². The van der Waals surface area contributed by atoms with E-state index in [1.165, 1.54) is 44.9 Å². The van der Waals surface area contributed by atoms with E-state index in [4.69, 9.17) is 4.74 Å². The molecular formula is C13H25NO. The Hall–Kier alpha value is -0.0800. The van der Waals surface area contributed by atoms with Gasteiger partial charge in [-0.1, -0.05) is 12.8 Å². The highest BCUT2D eigenvalue weighted by Crippen LogP contribution is 2.27. The summed E-state index contributed by atoms with van der Waals surface area (Å²) in [5.41, 5.74) is 0. The van der Waals surface area contributed by atoms with E-state index in [0.29, 0.717) is 12.1 Å². The predicted molar refractivity (Wildman–Crippen MR) is 63.0 cm³/mol. The third kappa shape index (κ3) is 3.46. The van der Waals surface area contributed by atoms with Gasteiger partial charge in [-0.15, -0.1) is 0 Å². The molecule has 2 atom stereocenters. The Morgan fingerprint density at radius 1 is 1.20 bits per heavy atom. The largest absolute Gasteiger partial charge is 0.378 e. The second kappa shape index (κ2) is 5.86. The van der Waals surface area contributed by atoms with E-state index < -0.39 is 0 Å². The first-order valence-electron chi connectivity index (χ1n) is 6.71. The second-order valence-electron chi connectivity index (χ2n) is 5.21. The zero-order valence-electron chi connectivity index (χ0n) is 10.0. The van der Waals surface area contributed by atoms with Crippen molar-refractivity contribution in [3.05, 3.63) is 0 Å². The molecule has 0 aromatic heterocycles. The van der Waals surface area contributed by atoms with Crippen molar-refractivity contribution in [2.24, 2.45) is 5.92 Å². The maximum atomic E-state index is 5.62. The molecule has 0 amide bonds. The fourth-order valence-electron chi connectivity index (χ4n) is 2.97. The minimum absolute atomic E-state index is 0.549. The van der Waals surface area contributed by atoms with Crippen LogP contribution < -0.4 is 5.32 Å². The molecule has 1 aliphatic carbocycles. The standard InChI is InChI=1S/C13H25NO/c1-11(12-5-2-3-6-12)14-9-8-13-7-4-10-15-13/h11-14H,2-10H2,1H3/t11-,13?/m1/s1. The van der Waals surface area contributed by atoms with Crippen LogP contribution in [0.1, 0.15) is 51.9 Å². The SMILES string of the molecule is C[C@@H](NCCC1CCCO1)C1CCCC1. The van der Waals surface area contributed by atoms with Crippen molar-refractivity contribution in [2.75, 3.05) is 13.2 Å². The molecule has 0 radical (unpaired) electrons. The second-order valence-corrected chi connectivity index (χ2v) is 5.21. The van der Waals surface area contributed by atoms with Crippen LogP contribution in [0.25, 0.3) is 0 Å². The number of hydrogen-bond acceptors (Lipinski definition) is 2. The monoisotopic (exact) mass is 211 g/mol. The van der Waals surface area contributed by atoms with Crippen molar-refractivity contribution in [2.45, 2.75) is 64.0 Å². The van der Waals surface area contributed by atoms with Gasteiger partial charge in [-0.05, 0) is 51.5 Å². The Morgan fingerprint density at radius 2 is 2.00 bits per heavy atom. The molecule has 0 spiro atoms. The summed E-state index contributed by atoms with van der Waals surface area (Å²) >= 11 is 0. The molecular weight excluding hydrogens is 186 g/mol. The van der Waals surface area contributed by atoms with E-state index in [0.717, 1.165) is 19.1 Å². The van der Waals surface area contributed by atoms with Gasteiger partial charge in [0.25, 0.3) is 0 Å². The zero-order chi connectivity index (χ0) is 10.5. The minimum atomic E-state index is 0.549. The minimum Gasteiger partial charge on any atom is -0.378 e. The van der Waals surface area contributed by atoms with Crippen LogP contribution in [0.15, 0.2) is 0 Å². The van der Waals surface area contributed by atoms with E-state index in [9.17, 15) is 0 Å². The summed E-state index contributed by atoms with van der Waals surface area (Å²) in [5.74, 6) is 0.939. The summed E-state index contributed by atoms with van der Waals surface area (Å²) in [6.45, 7) is 4.48. The van der Waals surface area contributed by atoms with Gasteiger partial charge in [0.1, 0.15) is 0 Å². The fraction of sp³-hybridized carbons (Fsp3) is 1.00. The first kappa shape index (κ1) is 11.4. The van der Waals surface area contributed by atoms with Gasteiger partial charge < -0.3 is 10.1 Å². The molecule has 1 unspecified atom stereocenters. The van der Waals surface area contributed by atoms with E-state index in [1.807, 2.05) is 0 Å². The lowest BCUT2D eigenvalue weighted by Crippen LogP contribution is -2.34. The predicted octanol–water partition coefficient (Wildman–Crippen LogP) is 2.72. The van der Waals surface area contributed by atoms with Crippen molar-refractivity contribution in [1.82, 2.24) is 5.32 Å². The smallest absolute Gasteiger partial charge is 0.0588 e. The van der Waals surface area contributed by atoms with Crippen molar-refractivity contribution in [1.29, 1.82) is 0 Å². The highest BCUT2D eigenvalue weighted by atomic mass is 16.5. The molecule has 2 fully saturated rings. The normalized spacial score (nSPS) is 29.8. The van der Waals surface area contributed by atoms with E-state index in [-0.39, 0.29) is 0 Å². The Morgan fingerprint density at radius 3 is 2.67 bits per heavy atom. The van der Waals surface area contributed by atoms with Crippen molar-refractivity contribution in [3.63, 3.8) is 0 Å². The molecule has 2 aliphatic rings. The lowest BCUT2D eigenvalue weighted by Gasteiger charge is -2.21. The molecule has 2 heteroatoms. The number of rotatable bonds is 5. The van der Waals surface area contributed by atoms with Gasteiger partial charge in [0.2, 0.25) is 0 Å². The van der Waals surface area contributed by atoms with Gasteiger partial charge in [-0.2, -0.15) is 0 Å². The topological polar surface area (TPSA) is 21.3 Å². The molecule has 1 aliphatic heterocycles. The van der Waals surface area contributed by atoms with E-state index in [1.54, 1.807) is 0 Å². The molecule has 0 aromatic rings. The molecule has 2 nitrogen and oxygen atoms in total. The first-order chi connectivity index (χ1) is 7.36. The van der Waals surface area contributed by atoms with Gasteiger partial charge in [-0.25, -0.2) is 0 Å². The lowest BCUT2D eigenvalue weighted by molar-refractivity contribution is 0.103. The first-order valence-corrected chi connectivity index (χ1v) is 6.71. The molecule has 1 N–H and O–H groups in total. The Balaban J connectivity index is 1.56. The van der Waals surface area contributed by atoms with Crippen molar-refractivity contribution < 1.29 is 4.74 Å². The summed E-state index contributed by atoms with van der Waals surface area (Å²) in [6, 6.07) is 0.717. The third-order valence-electron chi connectivity index (χ3n) is 4.06. The summed E-state index contributed by atoms with van der Waals surface area (Å²) in [5, 5.41) is 3.67. The molecule has 0 aromatic carbocycles. The van der Waals surface area contributed by atoms with Gasteiger partial charge in [-0.3, -0.25) is 0 Å². The molecule has 1 heterocycles. The maximum absolute atomic E-state index is 5.62. The molecule has 15 heavy (non-hydrogen) atoms. The third-order valence-corrected chi connectivity index (χ3v) is 4.06. The quantitative estimate of drug-likeness (QED) is 0.755. The van der Waals surface area contributed by atoms with Crippen LogP contribution in [0.4, 0.5) is 0 Å². The van der Waals surface area contributed by atoms with Gasteiger partial charge in [0.15, 0.2) is 0 Å². The number of hydrogen-bond donors (Lipinski definition) is 1. The molecule has 1 saturated carbocycles. The van der Waals surface area contributed by atoms with Crippen LogP contribution in [-0.4, -0.2) is 25.3 Å². The highest BCUT2D eigenvalue weighted by Gasteiger charge is 2.21. The number of ether oxygens (including phenoxy) is 1. The average molecular weight is 211 g/mol. The van der Waals surface area contributed by atoms with Crippen LogP contribution in [0.2, 0.25) is 0 Å². The molecule has 0 bridgehead atoms. The molecule has 88 valence electrons. The number of nitrogens with one attached hydrogen (secondary N) is 1. The average Bonchev–Trinajstić information content (AvgIpc) is 2.90. The van der Waals surface area contributed by atoms with Gasteiger partial charge in [0.05, 0.1) is 6.10 Å². The molecule has 2 rings (SSSR count). The van der Waals surface area contributed by atoms with Crippen molar-refractivity contribution in [3.8, 4) is 0 Å². The summed E-state index contributed by atoms with van der Waals surface area (Å²) in [4.78, 5) is 0. The highest BCUT2D eigenvalue weighted by molar-refractivity contribution is 4.77. The van der Waals surface area contributed by atoms with Gasteiger partial charge in [0, 0.05) is 12.6 Å². The molecule has 1 saturated heterocycles. The summed E-state index contributed by atoms with van der Waals surface area (Å²) in [6.07, 6.45) is 10.1. The Bertz CT molecular complexity index is 171. The Labute approximate surface area is 93.8 Å². The van der Waals surface area contributed by atoms with Crippen LogP contribution in [0.3, 0.4) is 0 Å². The summed E-state index contributed by atoms with van der Waals surface area (Å²) in [7, 11) is 0. The summed E-state index contributed by atoms with van der Waals surface area (Å²) < 4.78 is 5.62. The Kier molecular flexibility index (Phi) is 4.45. The maximum Gasteiger partial charge on any atom is 0.0588 e. The van der Waals surface area contributed by atoms with Crippen molar-refractivity contribution >= 4 is 0 Å². The van der Waals surface area contributed by atoms with E-state index >= 15 is 0 Å². The van der Waals surface area contributed by atoms with Crippen LogP contribution >= 0.6 is 0 Å². The van der Waals surface area contributed by atoms with Crippen LogP contribution in [0, 0.1) is 5.92 Å². The van der Waals surface area contributed by atoms with Crippen LogP contribution in [-0.2, 0) is 4.74 Å². The van der Waals surface area contributed by atoms with Gasteiger partial charge >= 0.3 is 0 Å². The fourth-order valence-corrected chi connectivity index (χ4v) is 2.97. The zero-order valence-corrected chi connectivity index (χ0v) is 10.0. The lowest BCUT2D eigenvalue weighted by atomic mass is 9.99.